The van der Waals surface area contributed by atoms with Crippen LogP contribution in [0.15, 0.2) is 60.8 Å². The molecule has 0 aliphatic heterocycles. The van der Waals surface area contributed by atoms with Crippen LogP contribution in [0, 0.1) is 10.1 Å². The second kappa shape index (κ2) is 19.1. The van der Waals surface area contributed by atoms with Crippen LogP contribution in [0.3, 0.4) is 0 Å². The van der Waals surface area contributed by atoms with Gasteiger partial charge in [0.2, 0.25) is 0 Å². The van der Waals surface area contributed by atoms with Gasteiger partial charge in [0.05, 0.1) is 6.42 Å². The second-order valence-electron chi connectivity index (χ2n) is 5.96. The fourth-order valence-corrected chi connectivity index (χ4v) is 2.18. The van der Waals surface area contributed by atoms with Gasteiger partial charge in [-0.25, -0.2) is 4.79 Å². The summed E-state index contributed by atoms with van der Waals surface area (Å²) in [5.41, 5.74) is 0. The number of allylic oxidation sites excluding steroid dienone is 10. The van der Waals surface area contributed by atoms with Crippen LogP contribution in [0.1, 0.15) is 71.1 Å². The Bertz CT molecular complexity index is 513. The number of rotatable bonds is 15. The van der Waals surface area contributed by atoms with Crippen molar-refractivity contribution >= 4 is 5.91 Å². The Morgan fingerprint density at radius 2 is 1.19 bits per heavy atom. The SMILES string of the molecule is CC/C=C/C/C=C/C/C=C/C/C=C/C/C=C/CCCCCC(=O)[N+](=O)[O-]. The van der Waals surface area contributed by atoms with Crippen LogP contribution in [0.25, 0.3) is 0 Å². The van der Waals surface area contributed by atoms with Gasteiger partial charge in [0, 0.05) is 0 Å². The summed E-state index contributed by atoms with van der Waals surface area (Å²) >= 11 is 0. The molecule has 0 radical (unpaired) electrons. The van der Waals surface area contributed by atoms with E-state index in [9.17, 15) is 14.9 Å². The highest BCUT2D eigenvalue weighted by Gasteiger charge is 2.12. The van der Waals surface area contributed by atoms with Gasteiger partial charge in [-0.2, -0.15) is 0 Å². The first kappa shape index (κ1) is 23.8. The smallest absolute Gasteiger partial charge is 0.256 e. The second-order valence-corrected chi connectivity index (χ2v) is 5.96. The quantitative estimate of drug-likeness (QED) is 0.145. The van der Waals surface area contributed by atoms with Crippen molar-refractivity contribution in [3.8, 4) is 0 Å². The van der Waals surface area contributed by atoms with Gasteiger partial charge in [-0.05, 0) is 51.4 Å². The van der Waals surface area contributed by atoms with Crippen molar-refractivity contribution in [2.75, 3.05) is 0 Å². The molecule has 0 unspecified atom stereocenters. The van der Waals surface area contributed by atoms with E-state index in [0.717, 1.165) is 51.4 Å². The normalized spacial score (nSPS) is 12.5. The van der Waals surface area contributed by atoms with E-state index in [1.165, 1.54) is 0 Å². The molecule has 4 heteroatoms. The number of hydrogen-bond donors (Lipinski definition) is 0. The standard InChI is InChI=1S/C22H33NO3/c1-2-3-4-5-6-7-8-9-10-11-12-13-14-15-16-17-18-19-20-21-22(24)23(25)26/h3-4,6-7,9-10,12-13,15-16H,2,5,8,11,14,17-21H2,1H3/b4-3+,7-6+,10-9+,13-12+,16-15+. The highest BCUT2D eigenvalue weighted by Crippen LogP contribution is 2.05. The molecule has 0 aliphatic rings. The summed E-state index contributed by atoms with van der Waals surface area (Å²) in [7, 11) is 0. The number of carbonyl (C=O) groups excluding carboxylic acids is 1. The van der Waals surface area contributed by atoms with Crippen molar-refractivity contribution in [1.29, 1.82) is 0 Å². The van der Waals surface area contributed by atoms with E-state index < -0.39 is 10.8 Å². The van der Waals surface area contributed by atoms with E-state index in [2.05, 4.69) is 67.7 Å². The molecule has 0 aliphatic carbocycles. The van der Waals surface area contributed by atoms with Crippen molar-refractivity contribution in [2.24, 2.45) is 0 Å². The Balaban J connectivity index is 3.47. The van der Waals surface area contributed by atoms with E-state index in [0.29, 0.717) is 6.42 Å². The largest absolute Gasteiger partial charge is 0.444 e. The molecule has 0 atom stereocenters. The van der Waals surface area contributed by atoms with Crippen LogP contribution in [-0.4, -0.2) is 10.8 Å². The molecule has 0 spiro atoms. The Hall–Kier alpha value is -2.23. The zero-order valence-electron chi connectivity index (χ0n) is 16.0. The van der Waals surface area contributed by atoms with Gasteiger partial charge in [0.25, 0.3) is 0 Å². The predicted molar refractivity (Wildman–Crippen MR) is 110 cm³/mol. The number of carbonyl (C=O) groups is 1. The van der Waals surface area contributed by atoms with Gasteiger partial charge in [-0.15, -0.1) is 0 Å². The van der Waals surface area contributed by atoms with Gasteiger partial charge in [-0.1, -0.05) is 74.1 Å². The van der Waals surface area contributed by atoms with Crippen molar-refractivity contribution in [3.05, 3.63) is 70.9 Å². The Labute approximate surface area is 158 Å². The van der Waals surface area contributed by atoms with Crippen molar-refractivity contribution in [3.63, 3.8) is 0 Å². The molecule has 0 aromatic heterocycles. The van der Waals surface area contributed by atoms with Crippen LogP contribution in [-0.2, 0) is 4.79 Å². The Morgan fingerprint density at radius 3 is 1.65 bits per heavy atom. The lowest BCUT2D eigenvalue weighted by Gasteiger charge is -1.94. The zero-order valence-corrected chi connectivity index (χ0v) is 16.0. The summed E-state index contributed by atoms with van der Waals surface area (Å²) in [6.45, 7) is 2.14. The first-order chi connectivity index (χ1) is 12.7. The van der Waals surface area contributed by atoms with E-state index >= 15 is 0 Å². The predicted octanol–water partition coefficient (Wildman–Crippen LogP) is 6.49. The molecule has 4 nitrogen and oxygen atoms in total. The summed E-state index contributed by atoms with van der Waals surface area (Å²) in [6, 6.07) is 0. The van der Waals surface area contributed by atoms with Gasteiger partial charge in [-0.3, -0.25) is 10.1 Å². The van der Waals surface area contributed by atoms with Gasteiger partial charge >= 0.3 is 5.91 Å². The number of hydrogen-bond acceptors (Lipinski definition) is 3. The fourth-order valence-electron chi connectivity index (χ4n) is 2.18. The molecule has 0 N–H and O–H groups in total. The molecule has 0 aromatic rings. The average molecular weight is 360 g/mol. The van der Waals surface area contributed by atoms with Crippen LogP contribution in [0.4, 0.5) is 0 Å². The molecule has 144 valence electrons. The van der Waals surface area contributed by atoms with Crippen LogP contribution in [0.2, 0.25) is 0 Å². The first-order valence-electron chi connectivity index (χ1n) is 9.60. The summed E-state index contributed by atoms with van der Waals surface area (Å²) in [6.07, 6.45) is 30.1. The van der Waals surface area contributed by atoms with Crippen LogP contribution >= 0.6 is 0 Å². The molecular formula is C22H33NO3. The maximum absolute atomic E-state index is 10.8. The molecular weight excluding hydrogens is 326 g/mol. The molecule has 0 bridgehead atoms. The summed E-state index contributed by atoms with van der Waals surface area (Å²) in [5.74, 6) is -0.875. The van der Waals surface area contributed by atoms with E-state index in [1.807, 2.05) is 0 Å². The maximum Gasteiger partial charge on any atom is 0.444 e. The first-order valence-corrected chi connectivity index (χ1v) is 9.60. The van der Waals surface area contributed by atoms with Gasteiger partial charge in [0.15, 0.2) is 0 Å². The molecule has 0 saturated carbocycles. The third-order valence-corrected chi connectivity index (χ3v) is 3.62. The van der Waals surface area contributed by atoms with Gasteiger partial charge < -0.3 is 0 Å². The van der Waals surface area contributed by atoms with Crippen LogP contribution < -0.4 is 0 Å². The number of amides is 1. The Morgan fingerprint density at radius 1 is 0.731 bits per heavy atom. The average Bonchev–Trinajstić information content (AvgIpc) is 2.63. The van der Waals surface area contributed by atoms with Crippen molar-refractivity contribution in [2.45, 2.75) is 71.1 Å². The molecule has 0 saturated heterocycles. The van der Waals surface area contributed by atoms with Gasteiger partial charge in [0.1, 0.15) is 4.92 Å². The third kappa shape index (κ3) is 18.1. The molecule has 26 heavy (non-hydrogen) atoms. The number of nitrogens with zero attached hydrogens (tertiary/aromatic N) is 1. The topological polar surface area (TPSA) is 60.2 Å². The molecule has 0 aromatic carbocycles. The lowest BCUT2D eigenvalue weighted by Crippen LogP contribution is -2.10. The molecule has 0 heterocycles. The minimum atomic E-state index is -0.875. The van der Waals surface area contributed by atoms with Crippen LogP contribution in [0.5, 0.6) is 0 Å². The Kier molecular flexibility index (Phi) is 17.5. The molecule has 0 fully saturated rings. The fraction of sp³-hybridized carbons (Fsp3) is 0.500. The third-order valence-electron chi connectivity index (χ3n) is 3.62. The molecule has 0 rings (SSSR count). The van der Waals surface area contributed by atoms with E-state index in [4.69, 9.17) is 0 Å². The van der Waals surface area contributed by atoms with E-state index in [-0.39, 0.29) is 6.42 Å². The highest BCUT2D eigenvalue weighted by atomic mass is 16.6. The highest BCUT2D eigenvalue weighted by molar-refractivity contribution is 5.66. The van der Waals surface area contributed by atoms with Crippen molar-refractivity contribution < 1.29 is 9.72 Å². The lowest BCUT2D eigenvalue weighted by molar-refractivity contribution is -0.402. The number of unbranched alkanes of at least 4 members (excludes halogenated alkanes) is 3. The summed E-state index contributed by atoms with van der Waals surface area (Å²) in [4.78, 5) is 20.1. The molecule has 1 amide bonds. The van der Waals surface area contributed by atoms with E-state index in [1.54, 1.807) is 0 Å². The zero-order chi connectivity index (χ0) is 19.3. The maximum atomic E-state index is 10.8. The summed E-state index contributed by atoms with van der Waals surface area (Å²) in [5, 5.41) is 10.2. The van der Waals surface area contributed by atoms with Crippen molar-refractivity contribution in [1.82, 2.24) is 0 Å². The minimum absolute atomic E-state index is 0.0542. The lowest BCUT2D eigenvalue weighted by atomic mass is 10.1. The minimum Gasteiger partial charge on any atom is -0.256 e. The monoisotopic (exact) mass is 359 g/mol. The number of nitro groups is 1. The summed E-state index contributed by atoms with van der Waals surface area (Å²) < 4.78 is 0.